The zero-order chi connectivity index (χ0) is 21.7. The molecule has 1 atom stereocenters. The second kappa shape index (κ2) is 9.60. The number of hydrogen-bond donors (Lipinski definition) is 2. The SMILES string of the molecule is CNCC(O)COc1c(C(C)(C)C)cc(/C=C/c2ccccc2)cc1C(C)(C)C. The summed E-state index contributed by atoms with van der Waals surface area (Å²) in [6.07, 6.45) is 3.77. The van der Waals surface area contributed by atoms with Crippen molar-refractivity contribution in [1.82, 2.24) is 5.32 Å². The lowest BCUT2D eigenvalue weighted by molar-refractivity contribution is 0.106. The molecule has 0 aliphatic rings. The number of nitrogens with one attached hydrogen (secondary N) is 1. The second-order valence-electron chi connectivity index (χ2n) is 9.71. The number of benzene rings is 2. The molecule has 0 bridgehead atoms. The maximum Gasteiger partial charge on any atom is 0.126 e. The lowest BCUT2D eigenvalue weighted by Gasteiger charge is -2.31. The summed E-state index contributed by atoms with van der Waals surface area (Å²) in [5, 5.41) is 13.2. The molecule has 0 saturated heterocycles. The normalized spacial score (nSPS) is 13.7. The summed E-state index contributed by atoms with van der Waals surface area (Å²) < 4.78 is 6.24. The van der Waals surface area contributed by atoms with Crippen LogP contribution in [0.4, 0.5) is 0 Å². The van der Waals surface area contributed by atoms with Gasteiger partial charge in [-0.15, -0.1) is 0 Å². The third-order valence-corrected chi connectivity index (χ3v) is 4.85. The molecule has 2 rings (SSSR count). The van der Waals surface area contributed by atoms with Crippen LogP contribution in [0.25, 0.3) is 12.2 Å². The van der Waals surface area contributed by atoms with Crippen molar-refractivity contribution in [3.63, 3.8) is 0 Å². The van der Waals surface area contributed by atoms with Crippen LogP contribution in [0.1, 0.15) is 63.8 Å². The van der Waals surface area contributed by atoms with Crippen molar-refractivity contribution < 1.29 is 9.84 Å². The fourth-order valence-corrected chi connectivity index (χ4v) is 3.25. The Kier molecular flexibility index (Phi) is 7.67. The molecule has 0 aliphatic heterocycles. The first kappa shape index (κ1) is 23.2. The Bertz CT molecular complexity index is 776. The zero-order valence-electron chi connectivity index (χ0n) is 19.0. The summed E-state index contributed by atoms with van der Waals surface area (Å²) in [7, 11) is 1.83. The highest BCUT2D eigenvalue weighted by Crippen LogP contribution is 2.41. The lowest BCUT2D eigenvalue weighted by atomic mass is 9.78. The molecule has 0 amide bonds. The highest BCUT2D eigenvalue weighted by Gasteiger charge is 2.28. The van der Waals surface area contributed by atoms with E-state index in [1.54, 1.807) is 0 Å². The molecule has 0 aliphatic carbocycles. The smallest absolute Gasteiger partial charge is 0.126 e. The van der Waals surface area contributed by atoms with Crippen molar-refractivity contribution in [2.75, 3.05) is 20.2 Å². The summed E-state index contributed by atoms with van der Waals surface area (Å²) in [4.78, 5) is 0. The van der Waals surface area contributed by atoms with Crippen LogP contribution in [-0.2, 0) is 10.8 Å². The van der Waals surface area contributed by atoms with E-state index in [9.17, 15) is 5.11 Å². The van der Waals surface area contributed by atoms with Crippen LogP contribution in [0.2, 0.25) is 0 Å². The van der Waals surface area contributed by atoms with Crippen LogP contribution in [-0.4, -0.2) is 31.4 Å². The minimum Gasteiger partial charge on any atom is -0.490 e. The molecule has 0 aromatic heterocycles. The van der Waals surface area contributed by atoms with Gasteiger partial charge in [-0.2, -0.15) is 0 Å². The third kappa shape index (κ3) is 6.73. The molecule has 0 fully saturated rings. The molecular weight excluding hydrogens is 358 g/mol. The van der Waals surface area contributed by atoms with Crippen molar-refractivity contribution in [2.24, 2.45) is 0 Å². The van der Waals surface area contributed by atoms with Gasteiger partial charge in [0.15, 0.2) is 0 Å². The van der Waals surface area contributed by atoms with E-state index in [4.69, 9.17) is 4.74 Å². The number of hydrogen-bond acceptors (Lipinski definition) is 3. The van der Waals surface area contributed by atoms with Crippen molar-refractivity contribution >= 4 is 12.2 Å². The highest BCUT2D eigenvalue weighted by atomic mass is 16.5. The second-order valence-corrected chi connectivity index (χ2v) is 9.71. The summed E-state index contributed by atoms with van der Waals surface area (Å²) in [6, 6.07) is 14.8. The topological polar surface area (TPSA) is 41.5 Å². The summed E-state index contributed by atoms with van der Waals surface area (Å²) in [5.74, 6) is 0.900. The van der Waals surface area contributed by atoms with Gasteiger partial charge in [0.25, 0.3) is 0 Å². The van der Waals surface area contributed by atoms with Crippen molar-refractivity contribution in [2.45, 2.75) is 58.5 Å². The number of aliphatic hydroxyl groups is 1. The predicted molar refractivity (Wildman–Crippen MR) is 125 cm³/mol. The minimum absolute atomic E-state index is 0.0834. The van der Waals surface area contributed by atoms with Crippen LogP contribution >= 0.6 is 0 Å². The van der Waals surface area contributed by atoms with Gasteiger partial charge in [0, 0.05) is 17.7 Å². The van der Waals surface area contributed by atoms with Crippen LogP contribution < -0.4 is 10.1 Å². The van der Waals surface area contributed by atoms with E-state index in [-0.39, 0.29) is 17.4 Å². The average Bonchev–Trinajstić information content (AvgIpc) is 2.64. The first-order chi connectivity index (χ1) is 13.5. The van der Waals surface area contributed by atoms with E-state index < -0.39 is 6.10 Å². The average molecular weight is 396 g/mol. The van der Waals surface area contributed by atoms with Crippen molar-refractivity contribution in [3.05, 3.63) is 64.7 Å². The Morgan fingerprint density at radius 3 is 1.90 bits per heavy atom. The van der Waals surface area contributed by atoms with Crippen molar-refractivity contribution in [1.29, 1.82) is 0 Å². The molecule has 0 heterocycles. The first-order valence-electron chi connectivity index (χ1n) is 10.4. The lowest BCUT2D eigenvalue weighted by Crippen LogP contribution is -2.30. The van der Waals surface area contributed by atoms with Crippen molar-refractivity contribution in [3.8, 4) is 5.75 Å². The molecular formula is C26H37NO2. The fraction of sp³-hybridized carbons (Fsp3) is 0.462. The van der Waals surface area contributed by atoms with Gasteiger partial charge in [0.05, 0.1) is 0 Å². The monoisotopic (exact) mass is 395 g/mol. The van der Waals surface area contributed by atoms with Gasteiger partial charge in [0.1, 0.15) is 18.5 Å². The quantitative estimate of drug-likeness (QED) is 0.616. The molecule has 0 radical (unpaired) electrons. The third-order valence-electron chi connectivity index (χ3n) is 4.85. The summed E-state index contributed by atoms with van der Waals surface area (Å²) >= 11 is 0. The number of aliphatic hydroxyl groups excluding tert-OH is 1. The Hall–Kier alpha value is -2.10. The van der Waals surface area contributed by atoms with Crippen LogP contribution in [0.15, 0.2) is 42.5 Å². The molecule has 3 nitrogen and oxygen atoms in total. The molecule has 3 heteroatoms. The van der Waals surface area contributed by atoms with E-state index in [0.29, 0.717) is 6.54 Å². The molecule has 2 N–H and O–H groups in total. The number of rotatable bonds is 7. The van der Waals surface area contributed by atoms with Gasteiger partial charge in [0.2, 0.25) is 0 Å². The largest absolute Gasteiger partial charge is 0.490 e. The molecule has 0 saturated carbocycles. The zero-order valence-corrected chi connectivity index (χ0v) is 19.0. The van der Waals surface area contributed by atoms with Crippen LogP contribution in [0.3, 0.4) is 0 Å². The molecule has 2 aromatic rings. The van der Waals surface area contributed by atoms with Crippen LogP contribution in [0.5, 0.6) is 5.75 Å². The summed E-state index contributed by atoms with van der Waals surface area (Å²) in [6.45, 7) is 14.0. The van der Waals surface area contributed by atoms with E-state index in [2.05, 4.69) is 83.3 Å². The molecule has 1 unspecified atom stereocenters. The van der Waals surface area contributed by atoms with Gasteiger partial charge in [-0.25, -0.2) is 0 Å². The molecule has 2 aromatic carbocycles. The minimum atomic E-state index is -0.543. The number of likely N-dealkylation sites (N-methyl/N-ethyl adjacent to an activating group) is 1. The highest BCUT2D eigenvalue weighted by molar-refractivity contribution is 5.71. The Morgan fingerprint density at radius 1 is 0.897 bits per heavy atom. The van der Waals surface area contributed by atoms with E-state index >= 15 is 0 Å². The molecule has 158 valence electrons. The summed E-state index contributed by atoms with van der Waals surface area (Å²) in [5.41, 5.74) is 4.49. The maximum atomic E-state index is 10.2. The van der Waals surface area contributed by atoms with Gasteiger partial charge in [-0.1, -0.05) is 84.0 Å². The number of ether oxygens (including phenoxy) is 1. The van der Waals surface area contributed by atoms with Gasteiger partial charge >= 0.3 is 0 Å². The molecule has 0 spiro atoms. The molecule has 29 heavy (non-hydrogen) atoms. The maximum absolute atomic E-state index is 10.2. The fourth-order valence-electron chi connectivity index (χ4n) is 3.25. The standard InChI is InChI=1S/C26H37NO2/c1-25(2,3)22-15-20(14-13-19-11-9-8-10-12-19)16-23(26(4,5)6)24(22)29-18-21(28)17-27-7/h8-16,21,27-28H,17-18H2,1-7H3/b14-13+. The Balaban J connectivity index is 2.52. The predicted octanol–water partition coefficient (Wildman–Crippen LogP) is 5.41. The van der Waals surface area contributed by atoms with Gasteiger partial charge < -0.3 is 15.2 Å². The van der Waals surface area contributed by atoms with E-state index in [1.165, 1.54) is 5.56 Å². The van der Waals surface area contributed by atoms with E-state index in [0.717, 1.165) is 22.4 Å². The first-order valence-corrected chi connectivity index (χ1v) is 10.4. The van der Waals surface area contributed by atoms with E-state index in [1.807, 2.05) is 25.2 Å². The van der Waals surface area contributed by atoms with Gasteiger partial charge in [-0.3, -0.25) is 0 Å². The Labute approximate surface area is 176 Å². The Morgan fingerprint density at radius 2 is 1.41 bits per heavy atom. The van der Waals surface area contributed by atoms with Crippen LogP contribution in [0, 0.1) is 0 Å². The van der Waals surface area contributed by atoms with Gasteiger partial charge in [-0.05, 0) is 41.1 Å².